The molecule has 96 valence electrons. The molecule has 0 radical (unpaired) electrons. The standard InChI is InChI=1S/C15H24O2/c1-3-4-14(16)17-15(2)12-6-10-5-11(8-12)9-13(15)7-10/h10-13H,3-9H2,1-2H3. The van der Waals surface area contributed by atoms with Crippen LogP contribution in [0.5, 0.6) is 0 Å². The highest BCUT2D eigenvalue weighted by atomic mass is 16.6. The van der Waals surface area contributed by atoms with Crippen LogP contribution in [0.1, 0.15) is 58.8 Å². The molecule has 4 fully saturated rings. The molecular weight excluding hydrogens is 212 g/mol. The van der Waals surface area contributed by atoms with Crippen molar-refractivity contribution in [3.63, 3.8) is 0 Å². The van der Waals surface area contributed by atoms with Crippen molar-refractivity contribution < 1.29 is 9.53 Å². The van der Waals surface area contributed by atoms with Gasteiger partial charge in [0.15, 0.2) is 0 Å². The van der Waals surface area contributed by atoms with Gasteiger partial charge in [-0.05, 0) is 69.1 Å². The lowest BCUT2D eigenvalue weighted by atomic mass is 9.50. The van der Waals surface area contributed by atoms with E-state index in [4.69, 9.17) is 4.74 Å². The van der Waals surface area contributed by atoms with Crippen LogP contribution >= 0.6 is 0 Å². The Labute approximate surface area is 104 Å². The molecule has 0 spiro atoms. The highest BCUT2D eigenvalue weighted by Crippen LogP contribution is 2.59. The normalized spacial score (nSPS) is 47.2. The molecule has 0 atom stereocenters. The van der Waals surface area contributed by atoms with Crippen LogP contribution in [0, 0.1) is 23.7 Å². The van der Waals surface area contributed by atoms with Crippen LogP contribution < -0.4 is 0 Å². The zero-order chi connectivity index (χ0) is 12.0. The Bertz CT molecular complexity index is 293. The minimum atomic E-state index is -0.125. The topological polar surface area (TPSA) is 26.3 Å². The molecule has 4 rings (SSSR count). The van der Waals surface area contributed by atoms with Crippen molar-refractivity contribution in [2.45, 2.75) is 64.4 Å². The van der Waals surface area contributed by atoms with Crippen LogP contribution in [0.4, 0.5) is 0 Å². The monoisotopic (exact) mass is 236 g/mol. The first kappa shape index (κ1) is 11.6. The number of hydrogen-bond acceptors (Lipinski definition) is 2. The molecule has 0 saturated heterocycles. The van der Waals surface area contributed by atoms with E-state index in [0.717, 1.165) is 18.3 Å². The van der Waals surface area contributed by atoms with Gasteiger partial charge in [0.25, 0.3) is 0 Å². The molecule has 0 aromatic carbocycles. The van der Waals surface area contributed by atoms with Crippen LogP contribution in [-0.2, 0) is 9.53 Å². The number of carbonyl (C=O) groups is 1. The van der Waals surface area contributed by atoms with Crippen molar-refractivity contribution in [3.05, 3.63) is 0 Å². The Morgan fingerprint density at radius 2 is 1.65 bits per heavy atom. The van der Waals surface area contributed by atoms with Gasteiger partial charge in [-0.3, -0.25) is 4.79 Å². The predicted octanol–water partition coefficient (Wildman–Crippen LogP) is 3.54. The van der Waals surface area contributed by atoms with E-state index in [1.54, 1.807) is 0 Å². The summed E-state index contributed by atoms with van der Waals surface area (Å²) in [6.07, 6.45) is 8.17. The summed E-state index contributed by atoms with van der Waals surface area (Å²) in [5.41, 5.74) is -0.125. The van der Waals surface area contributed by atoms with Crippen molar-refractivity contribution in [3.8, 4) is 0 Å². The van der Waals surface area contributed by atoms with E-state index in [-0.39, 0.29) is 11.6 Å². The lowest BCUT2D eigenvalue weighted by molar-refractivity contribution is -0.203. The third-order valence-electron chi connectivity index (χ3n) is 5.55. The number of hydrogen-bond donors (Lipinski definition) is 0. The molecule has 0 N–H and O–H groups in total. The molecular formula is C15H24O2. The van der Waals surface area contributed by atoms with Crippen LogP contribution in [0.2, 0.25) is 0 Å². The fraction of sp³-hybridized carbons (Fsp3) is 0.933. The van der Waals surface area contributed by atoms with Crippen LogP contribution in [0.15, 0.2) is 0 Å². The Kier molecular flexibility index (Phi) is 2.72. The summed E-state index contributed by atoms with van der Waals surface area (Å²) in [7, 11) is 0. The largest absolute Gasteiger partial charge is 0.459 e. The Balaban J connectivity index is 1.75. The Morgan fingerprint density at radius 1 is 1.12 bits per heavy atom. The van der Waals surface area contributed by atoms with Crippen LogP contribution in [-0.4, -0.2) is 11.6 Å². The third-order valence-corrected chi connectivity index (χ3v) is 5.55. The molecule has 0 amide bonds. The smallest absolute Gasteiger partial charge is 0.306 e. The lowest BCUT2D eigenvalue weighted by Gasteiger charge is -2.59. The quantitative estimate of drug-likeness (QED) is 0.700. The van der Waals surface area contributed by atoms with Crippen molar-refractivity contribution in [2.75, 3.05) is 0 Å². The van der Waals surface area contributed by atoms with E-state index in [2.05, 4.69) is 6.92 Å². The first-order valence-electron chi connectivity index (χ1n) is 7.33. The molecule has 4 aliphatic rings. The molecule has 0 aromatic heterocycles. The second kappa shape index (κ2) is 4.00. The molecule has 2 nitrogen and oxygen atoms in total. The van der Waals surface area contributed by atoms with Crippen LogP contribution in [0.25, 0.3) is 0 Å². The van der Waals surface area contributed by atoms with E-state index >= 15 is 0 Å². The molecule has 0 unspecified atom stereocenters. The summed E-state index contributed by atoms with van der Waals surface area (Å²) in [4.78, 5) is 11.8. The molecule has 0 aliphatic heterocycles. The summed E-state index contributed by atoms with van der Waals surface area (Å²) in [5.74, 6) is 3.22. The zero-order valence-corrected chi connectivity index (χ0v) is 11.1. The molecule has 17 heavy (non-hydrogen) atoms. The van der Waals surface area contributed by atoms with Gasteiger partial charge in [-0.1, -0.05) is 6.92 Å². The summed E-state index contributed by atoms with van der Waals surface area (Å²) < 4.78 is 5.92. The number of ether oxygens (including phenoxy) is 1. The average molecular weight is 236 g/mol. The minimum Gasteiger partial charge on any atom is -0.459 e. The minimum absolute atomic E-state index is 0.0301. The number of carbonyl (C=O) groups excluding carboxylic acids is 1. The summed E-state index contributed by atoms with van der Waals surface area (Å²) in [5, 5.41) is 0. The van der Waals surface area contributed by atoms with Gasteiger partial charge in [-0.25, -0.2) is 0 Å². The van der Waals surface area contributed by atoms with E-state index in [9.17, 15) is 4.79 Å². The molecule has 4 aliphatic carbocycles. The van der Waals surface area contributed by atoms with Gasteiger partial charge in [0.2, 0.25) is 0 Å². The molecule has 0 aromatic rings. The summed E-state index contributed by atoms with van der Waals surface area (Å²) in [6, 6.07) is 0. The molecule has 4 bridgehead atoms. The zero-order valence-electron chi connectivity index (χ0n) is 11.1. The van der Waals surface area contributed by atoms with Gasteiger partial charge in [-0.2, -0.15) is 0 Å². The Morgan fingerprint density at radius 3 is 2.12 bits per heavy atom. The maximum atomic E-state index is 11.8. The van der Waals surface area contributed by atoms with E-state index < -0.39 is 0 Å². The molecule has 0 heterocycles. The SMILES string of the molecule is CCCC(=O)OC1(C)C2CC3CC(C2)CC1C3. The summed E-state index contributed by atoms with van der Waals surface area (Å²) >= 11 is 0. The highest BCUT2D eigenvalue weighted by Gasteiger charge is 2.56. The predicted molar refractivity (Wildman–Crippen MR) is 66.5 cm³/mol. The van der Waals surface area contributed by atoms with Crippen molar-refractivity contribution >= 4 is 5.97 Å². The maximum Gasteiger partial charge on any atom is 0.306 e. The van der Waals surface area contributed by atoms with E-state index in [1.807, 2.05) is 6.92 Å². The Hall–Kier alpha value is -0.530. The summed E-state index contributed by atoms with van der Waals surface area (Å²) in [6.45, 7) is 4.26. The highest BCUT2D eigenvalue weighted by molar-refractivity contribution is 5.69. The van der Waals surface area contributed by atoms with Crippen molar-refractivity contribution in [1.82, 2.24) is 0 Å². The lowest BCUT2D eigenvalue weighted by Crippen LogP contribution is -2.57. The first-order chi connectivity index (χ1) is 8.11. The van der Waals surface area contributed by atoms with Gasteiger partial charge in [0, 0.05) is 6.42 Å². The van der Waals surface area contributed by atoms with Crippen LogP contribution in [0.3, 0.4) is 0 Å². The average Bonchev–Trinajstić information content (AvgIpc) is 2.25. The van der Waals surface area contributed by atoms with E-state index in [1.165, 1.54) is 32.1 Å². The first-order valence-corrected chi connectivity index (χ1v) is 7.33. The maximum absolute atomic E-state index is 11.8. The van der Waals surface area contributed by atoms with Crippen molar-refractivity contribution in [2.24, 2.45) is 23.7 Å². The fourth-order valence-electron chi connectivity index (χ4n) is 4.79. The van der Waals surface area contributed by atoms with E-state index in [0.29, 0.717) is 18.3 Å². The second-order valence-corrected chi connectivity index (χ2v) is 6.71. The van der Waals surface area contributed by atoms with Gasteiger partial charge < -0.3 is 4.74 Å². The van der Waals surface area contributed by atoms with Gasteiger partial charge in [0.05, 0.1) is 0 Å². The fourth-order valence-corrected chi connectivity index (χ4v) is 4.79. The van der Waals surface area contributed by atoms with Gasteiger partial charge in [0.1, 0.15) is 5.60 Å². The number of esters is 1. The van der Waals surface area contributed by atoms with Crippen molar-refractivity contribution in [1.29, 1.82) is 0 Å². The molecule has 2 heteroatoms. The second-order valence-electron chi connectivity index (χ2n) is 6.71. The van der Waals surface area contributed by atoms with Gasteiger partial charge in [-0.15, -0.1) is 0 Å². The van der Waals surface area contributed by atoms with Gasteiger partial charge >= 0.3 is 5.97 Å². The number of rotatable bonds is 3. The third kappa shape index (κ3) is 1.80. The molecule has 4 saturated carbocycles.